The Morgan fingerprint density at radius 2 is 0.727 bits per heavy atom. The second-order valence-corrected chi connectivity index (χ2v) is 7.58. The van der Waals surface area contributed by atoms with Gasteiger partial charge in [-0.2, -0.15) is 0 Å². The molecule has 0 aliphatic carbocycles. The summed E-state index contributed by atoms with van der Waals surface area (Å²) in [4.78, 5) is 0. The van der Waals surface area contributed by atoms with Gasteiger partial charge in [-0.05, 0) is 6.42 Å². The minimum Gasteiger partial charge on any atom is -0.428 e. The van der Waals surface area contributed by atoms with Crippen LogP contribution in [0.25, 0.3) is 0 Å². The van der Waals surface area contributed by atoms with Gasteiger partial charge in [-0.3, -0.25) is 0 Å². The van der Waals surface area contributed by atoms with Gasteiger partial charge in [-0.1, -0.05) is 116 Å². The van der Waals surface area contributed by atoms with E-state index in [0.29, 0.717) is 0 Å². The lowest BCUT2D eigenvalue weighted by Crippen LogP contribution is -1.89. The molecule has 0 aliphatic heterocycles. The van der Waals surface area contributed by atoms with Gasteiger partial charge < -0.3 is 4.43 Å². The maximum atomic E-state index is 5.21. The zero-order valence-corrected chi connectivity index (χ0v) is 17.8. The van der Waals surface area contributed by atoms with Crippen molar-refractivity contribution < 1.29 is 4.43 Å². The summed E-state index contributed by atoms with van der Waals surface area (Å²) in [6, 6.07) is 0. The van der Waals surface area contributed by atoms with Crippen LogP contribution in [-0.2, 0) is 4.43 Å². The topological polar surface area (TPSA) is 9.23 Å². The summed E-state index contributed by atoms with van der Waals surface area (Å²) in [5.41, 5.74) is 0. The first-order chi connectivity index (χ1) is 10.9. The average Bonchev–Trinajstić information content (AvgIpc) is 2.54. The zero-order valence-electron chi connectivity index (χ0n) is 15.8. The van der Waals surface area contributed by atoms with E-state index in [9.17, 15) is 0 Å². The molecule has 1 nitrogen and oxygen atoms in total. The monoisotopic (exact) mass is 328 g/mol. The lowest BCUT2D eigenvalue weighted by atomic mass is 10.0. The minimum atomic E-state index is 0.910. The van der Waals surface area contributed by atoms with Gasteiger partial charge in [0.2, 0.25) is 0 Å². The first kappa shape index (κ1) is 22.2. The molecule has 0 aliphatic rings. The Hall–Kier alpha value is 0.177. The summed E-state index contributed by atoms with van der Waals surface area (Å²) in [7, 11) is 0.910. The van der Waals surface area contributed by atoms with Crippen LogP contribution in [0, 0.1) is 0 Å². The Labute approximate surface area is 144 Å². The van der Waals surface area contributed by atoms with E-state index in [1.165, 1.54) is 116 Å². The maximum absolute atomic E-state index is 5.21. The van der Waals surface area contributed by atoms with Crippen molar-refractivity contribution in [1.82, 2.24) is 0 Å². The molecule has 0 radical (unpaired) electrons. The van der Waals surface area contributed by atoms with Gasteiger partial charge in [0, 0.05) is 6.61 Å². The molecule has 0 fully saturated rings. The lowest BCUT2D eigenvalue weighted by molar-refractivity contribution is 0.332. The van der Waals surface area contributed by atoms with E-state index >= 15 is 0 Å². The molecule has 2 heteroatoms. The van der Waals surface area contributed by atoms with E-state index in [1.54, 1.807) is 0 Å². The molecule has 0 bridgehead atoms. The molecule has 0 aromatic carbocycles. The van der Waals surface area contributed by atoms with Gasteiger partial charge in [0.05, 0.1) is 0 Å². The smallest absolute Gasteiger partial charge is 0.145 e. The molecule has 0 spiro atoms. The molecule has 134 valence electrons. The summed E-state index contributed by atoms with van der Waals surface area (Å²) in [6.45, 7) is 3.30. The predicted octanol–water partition coefficient (Wildman–Crippen LogP) is 6.33. The highest BCUT2D eigenvalue weighted by molar-refractivity contribution is 5.97. The van der Waals surface area contributed by atoms with Crippen LogP contribution < -0.4 is 0 Å². The highest BCUT2D eigenvalue weighted by atomic mass is 28.2. The van der Waals surface area contributed by atoms with Crippen LogP contribution in [0.2, 0.25) is 0 Å². The molecule has 0 heterocycles. The van der Waals surface area contributed by atoms with Gasteiger partial charge >= 0.3 is 0 Å². The number of hydrogen-bond donors (Lipinski definition) is 0. The minimum absolute atomic E-state index is 0.910. The summed E-state index contributed by atoms with van der Waals surface area (Å²) in [6.07, 6.45) is 26.0. The predicted molar refractivity (Wildman–Crippen MR) is 105 cm³/mol. The van der Waals surface area contributed by atoms with Gasteiger partial charge in [-0.25, -0.2) is 0 Å². The third kappa shape index (κ3) is 20.2. The van der Waals surface area contributed by atoms with E-state index in [4.69, 9.17) is 4.43 Å². The first-order valence-electron chi connectivity index (χ1n) is 10.4. The average molecular weight is 329 g/mol. The third-order valence-corrected chi connectivity index (χ3v) is 5.11. The number of rotatable bonds is 19. The molecule has 0 unspecified atom stereocenters. The summed E-state index contributed by atoms with van der Waals surface area (Å²) >= 11 is 0. The van der Waals surface area contributed by atoms with Crippen molar-refractivity contribution in [3.63, 3.8) is 0 Å². The lowest BCUT2D eigenvalue weighted by Gasteiger charge is -2.03. The van der Waals surface area contributed by atoms with E-state index in [1.807, 2.05) is 0 Å². The van der Waals surface area contributed by atoms with Crippen molar-refractivity contribution in [3.8, 4) is 0 Å². The van der Waals surface area contributed by atoms with Crippen molar-refractivity contribution in [2.45, 2.75) is 122 Å². The number of unbranched alkanes of at least 4 members (excludes halogenated alkanes) is 17. The molecule has 22 heavy (non-hydrogen) atoms. The molecule has 0 N–H and O–H groups in total. The second-order valence-electron chi connectivity index (χ2n) is 7.00. The van der Waals surface area contributed by atoms with Crippen molar-refractivity contribution in [2.24, 2.45) is 0 Å². The Morgan fingerprint density at radius 1 is 0.455 bits per heavy atom. The van der Waals surface area contributed by atoms with E-state index in [-0.39, 0.29) is 0 Å². The van der Waals surface area contributed by atoms with Crippen molar-refractivity contribution >= 4 is 10.5 Å². The fourth-order valence-corrected chi connectivity index (χ4v) is 3.44. The van der Waals surface area contributed by atoms with Crippen molar-refractivity contribution in [2.75, 3.05) is 6.61 Å². The van der Waals surface area contributed by atoms with E-state index in [0.717, 1.165) is 17.1 Å². The van der Waals surface area contributed by atoms with Crippen molar-refractivity contribution in [3.05, 3.63) is 0 Å². The normalized spacial score (nSPS) is 11.3. The molecule has 0 aromatic rings. The standard InChI is InChI=1S/C20H44OSi/c1-2-3-4-5-6-7-8-9-10-11-12-13-14-15-16-17-18-19-20-21-22/h2-20H2,1,22H3. The third-order valence-electron chi connectivity index (χ3n) is 4.70. The maximum Gasteiger partial charge on any atom is 0.145 e. The van der Waals surface area contributed by atoms with E-state index < -0.39 is 0 Å². The highest BCUT2D eigenvalue weighted by Gasteiger charge is 1.94. The highest BCUT2D eigenvalue weighted by Crippen LogP contribution is 2.14. The summed E-state index contributed by atoms with van der Waals surface area (Å²) in [5, 5.41) is 0. The Bertz CT molecular complexity index is 165. The van der Waals surface area contributed by atoms with Crippen LogP contribution in [0.1, 0.15) is 122 Å². The Morgan fingerprint density at radius 3 is 1.00 bits per heavy atom. The van der Waals surface area contributed by atoms with Crippen LogP contribution in [0.5, 0.6) is 0 Å². The fraction of sp³-hybridized carbons (Fsp3) is 1.00. The van der Waals surface area contributed by atoms with E-state index in [2.05, 4.69) is 6.92 Å². The van der Waals surface area contributed by atoms with Crippen LogP contribution in [0.4, 0.5) is 0 Å². The van der Waals surface area contributed by atoms with Gasteiger partial charge in [0.1, 0.15) is 10.5 Å². The Kier molecular flexibility index (Phi) is 21.3. The molecule has 0 saturated heterocycles. The van der Waals surface area contributed by atoms with Crippen LogP contribution in [0.15, 0.2) is 0 Å². The molecule has 0 amide bonds. The Balaban J connectivity index is 2.91. The number of hydrogen-bond acceptors (Lipinski definition) is 1. The molecule has 0 rings (SSSR count). The summed E-state index contributed by atoms with van der Waals surface area (Å²) in [5.74, 6) is 0. The molecule has 0 saturated carbocycles. The quantitative estimate of drug-likeness (QED) is 0.199. The van der Waals surface area contributed by atoms with Gasteiger partial charge in [0.25, 0.3) is 0 Å². The largest absolute Gasteiger partial charge is 0.428 e. The van der Waals surface area contributed by atoms with Crippen LogP contribution >= 0.6 is 0 Å². The first-order valence-corrected chi connectivity index (χ1v) is 11.2. The molecule has 0 aromatic heterocycles. The molecular formula is C20H44OSi. The molecular weight excluding hydrogens is 284 g/mol. The fourth-order valence-electron chi connectivity index (χ4n) is 3.15. The summed E-state index contributed by atoms with van der Waals surface area (Å²) < 4.78 is 5.21. The molecule has 0 atom stereocenters. The second kappa shape index (κ2) is 21.2. The van der Waals surface area contributed by atoms with Gasteiger partial charge in [0.15, 0.2) is 0 Å². The van der Waals surface area contributed by atoms with Gasteiger partial charge in [-0.15, -0.1) is 0 Å². The van der Waals surface area contributed by atoms with Crippen molar-refractivity contribution in [1.29, 1.82) is 0 Å². The van der Waals surface area contributed by atoms with Crippen LogP contribution in [0.3, 0.4) is 0 Å². The van der Waals surface area contributed by atoms with Crippen LogP contribution in [-0.4, -0.2) is 17.1 Å². The SMILES string of the molecule is CCCCCCCCCCCCCCCCCCCCO[SiH3]. The zero-order chi connectivity index (χ0) is 16.1.